The molecule has 0 saturated heterocycles. The van der Waals surface area contributed by atoms with Crippen LogP contribution in [0.4, 0.5) is 0 Å². The second-order valence-electron chi connectivity index (χ2n) is 4.93. The second-order valence-corrected chi connectivity index (χ2v) is 4.93. The topological polar surface area (TPSA) is 20.2 Å². The monoisotopic (exact) mass is 269 g/mol. The minimum Gasteiger partial charge on any atom is -0.566 e. The maximum absolute atomic E-state index is 8.02. The Hall–Kier alpha value is 0.479. The van der Waals surface area contributed by atoms with Gasteiger partial charge in [0.1, 0.15) is 0 Å². The van der Waals surface area contributed by atoms with Crippen molar-refractivity contribution in [2.24, 2.45) is 5.92 Å². The normalized spacial score (nSPS) is 18.0. The molecule has 16 heavy (non-hydrogen) atoms. The Morgan fingerprint density at radius 3 is 0.875 bits per heavy atom. The largest absolute Gasteiger partial charge is 3.00 e. The van der Waals surface area contributed by atoms with Crippen molar-refractivity contribution in [3.63, 3.8) is 0 Å². The van der Waals surface area contributed by atoms with Gasteiger partial charge >= 0.3 is 17.1 Å². The first-order chi connectivity index (χ1) is 7.27. The van der Waals surface area contributed by atoms with E-state index in [0.29, 0.717) is 5.92 Å². The Labute approximate surface area is 113 Å². The van der Waals surface area contributed by atoms with Crippen LogP contribution in [-0.4, -0.2) is 5.11 Å². The third-order valence-corrected chi connectivity index (χ3v) is 2.80. The van der Waals surface area contributed by atoms with Crippen LogP contribution in [0.1, 0.15) is 78.1 Å². The summed E-state index contributed by atoms with van der Waals surface area (Å²) in [7, 11) is 0. The second kappa shape index (κ2) is 15.5. The van der Waals surface area contributed by atoms with Crippen molar-refractivity contribution in [3.8, 4) is 0 Å². The molecule has 0 aromatic carbocycles. The molecule has 2 aliphatic carbocycles. The van der Waals surface area contributed by atoms with Gasteiger partial charge in [-0.15, -0.1) is 0 Å². The van der Waals surface area contributed by atoms with Crippen LogP contribution < -0.4 is 0 Å². The van der Waals surface area contributed by atoms with Crippen molar-refractivity contribution in [1.29, 1.82) is 0 Å². The average Bonchev–Trinajstić information content (AvgIpc) is 2.96. The third kappa shape index (κ3) is 16.9. The molecule has 1 nitrogen and oxygen atoms in total. The number of aliphatic hydroxyl groups is 1. The summed E-state index contributed by atoms with van der Waals surface area (Å²) in [4.78, 5) is 0. The van der Waals surface area contributed by atoms with Gasteiger partial charge in [-0.1, -0.05) is 78.1 Å². The van der Waals surface area contributed by atoms with Gasteiger partial charge in [0.2, 0.25) is 0 Å². The van der Waals surface area contributed by atoms with Gasteiger partial charge in [-0.3, -0.25) is 0 Å². The molecule has 0 unspecified atom stereocenters. The first-order valence-corrected chi connectivity index (χ1v) is 6.75. The maximum Gasteiger partial charge on any atom is 3.00 e. The standard InChI is InChI=1S/2C5H10.C4H9O.Fe/c2*1-2-4-5-3-1;1-4(2)3-5;/h2*1-5H2;3-5H,1-2H3;/q;;-1;+3. The van der Waals surface area contributed by atoms with E-state index in [9.17, 15) is 0 Å². The van der Waals surface area contributed by atoms with E-state index in [4.69, 9.17) is 5.11 Å². The molecule has 0 heterocycles. The molecule has 0 aliphatic heterocycles. The van der Waals surface area contributed by atoms with Crippen molar-refractivity contribution >= 4 is 0 Å². The molecule has 0 amide bonds. The molecule has 2 saturated carbocycles. The Bertz CT molecular complexity index is 82.1. The van der Waals surface area contributed by atoms with E-state index in [-0.39, 0.29) is 17.1 Å². The van der Waals surface area contributed by atoms with Gasteiger partial charge in [0.05, 0.1) is 0 Å². The molecule has 2 aliphatic rings. The molecule has 1 radical (unpaired) electrons. The van der Waals surface area contributed by atoms with Crippen LogP contribution >= 0.6 is 0 Å². The number of rotatable bonds is 1. The molecule has 0 aromatic rings. The minimum atomic E-state index is 0. The summed E-state index contributed by atoms with van der Waals surface area (Å²) in [6.45, 7) is 5.00. The summed E-state index contributed by atoms with van der Waals surface area (Å²) < 4.78 is 0. The van der Waals surface area contributed by atoms with E-state index in [1.807, 2.05) is 13.8 Å². The Morgan fingerprint density at radius 2 is 0.812 bits per heavy atom. The molecule has 2 fully saturated rings. The van der Waals surface area contributed by atoms with E-state index in [1.54, 1.807) is 0 Å². The number of hydrogen-bond donors (Lipinski definition) is 1. The fourth-order valence-corrected chi connectivity index (χ4v) is 1.77. The van der Waals surface area contributed by atoms with Crippen molar-refractivity contribution < 1.29 is 22.2 Å². The Kier molecular flexibility index (Phi) is 18.2. The van der Waals surface area contributed by atoms with Crippen LogP contribution in [0.2, 0.25) is 0 Å². The first kappa shape index (κ1) is 18.8. The van der Waals surface area contributed by atoms with Crippen molar-refractivity contribution in [1.82, 2.24) is 0 Å². The van der Waals surface area contributed by atoms with Crippen LogP contribution in [0.5, 0.6) is 0 Å². The molecule has 0 aromatic heterocycles. The molecule has 2 heteroatoms. The predicted octanol–water partition coefficient (Wildman–Crippen LogP) is 5.08. The summed E-state index contributed by atoms with van der Waals surface area (Å²) in [5.41, 5.74) is 0. The van der Waals surface area contributed by atoms with Gasteiger partial charge in [0.15, 0.2) is 0 Å². The smallest absolute Gasteiger partial charge is 0.566 e. The molecule has 0 atom stereocenters. The van der Waals surface area contributed by atoms with E-state index in [0.717, 1.165) is 0 Å². The molecular weight excluding hydrogens is 240 g/mol. The van der Waals surface area contributed by atoms with Crippen LogP contribution in [-0.2, 0) is 17.1 Å². The Balaban J connectivity index is 0. The van der Waals surface area contributed by atoms with E-state index >= 15 is 0 Å². The SMILES string of the molecule is C1CCCC1.C1CCCC1.CC(C)[CH-]O.[Fe+3]. The van der Waals surface area contributed by atoms with Gasteiger partial charge in [-0.2, -0.15) is 5.92 Å². The van der Waals surface area contributed by atoms with Gasteiger partial charge in [-0.25, -0.2) is 6.61 Å². The van der Waals surface area contributed by atoms with E-state index in [1.165, 1.54) is 70.8 Å². The molecule has 0 spiro atoms. The van der Waals surface area contributed by atoms with Crippen LogP contribution in [0.25, 0.3) is 0 Å². The van der Waals surface area contributed by atoms with Crippen molar-refractivity contribution in [3.05, 3.63) is 6.61 Å². The average molecular weight is 269 g/mol. The van der Waals surface area contributed by atoms with Gasteiger partial charge < -0.3 is 5.11 Å². The van der Waals surface area contributed by atoms with Crippen molar-refractivity contribution in [2.45, 2.75) is 78.1 Å². The zero-order chi connectivity index (χ0) is 11.4. The van der Waals surface area contributed by atoms with Gasteiger partial charge in [-0.05, 0) is 0 Å². The zero-order valence-corrected chi connectivity index (χ0v) is 12.1. The first-order valence-electron chi connectivity index (χ1n) is 6.75. The van der Waals surface area contributed by atoms with Crippen LogP contribution in [0.15, 0.2) is 0 Å². The Morgan fingerprint density at radius 1 is 0.688 bits per heavy atom. The summed E-state index contributed by atoms with van der Waals surface area (Å²) >= 11 is 0. The quantitative estimate of drug-likeness (QED) is 0.520. The molecule has 1 N–H and O–H groups in total. The van der Waals surface area contributed by atoms with E-state index < -0.39 is 0 Å². The third-order valence-electron chi connectivity index (χ3n) is 2.80. The number of aliphatic hydroxyl groups excluding tert-OH is 1. The molecule has 2 rings (SSSR count). The minimum absolute atomic E-state index is 0. The van der Waals surface area contributed by atoms with Crippen LogP contribution in [0, 0.1) is 12.5 Å². The summed E-state index contributed by atoms with van der Waals surface area (Å²) in [6.07, 6.45) is 15.0. The molecular formula is C14H29FeO+2. The zero-order valence-electron chi connectivity index (χ0n) is 11.0. The van der Waals surface area contributed by atoms with Crippen LogP contribution in [0.3, 0.4) is 0 Å². The van der Waals surface area contributed by atoms with Gasteiger partial charge in [0.25, 0.3) is 0 Å². The van der Waals surface area contributed by atoms with Crippen molar-refractivity contribution in [2.75, 3.05) is 0 Å². The summed E-state index contributed by atoms with van der Waals surface area (Å²) in [5.74, 6) is 0.315. The fourth-order valence-electron chi connectivity index (χ4n) is 1.77. The van der Waals surface area contributed by atoms with E-state index in [2.05, 4.69) is 0 Å². The number of hydrogen-bond acceptors (Lipinski definition) is 1. The summed E-state index contributed by atoms with van der Waals surface area (Å²) in [5, 5.41) is 8.02. The molecule has 0 bridgehead atoms. The molecule has 97 valence electrons. The summed E-state index contributed by atoms with van der Waals surface area (Å²) in [6, 6.07) is 0. The predicted molar refractivity (Wildman–Crippen MR) is 67.2 cm³/mol. The fraction of sp³-hybridized carbons (Fsp3) is 0.929. The maximum atomic E-state index is 8.02. The van der Waals surface area contributed by atoms with Gasteiger partial charge in [0, 0.05) is 0 Å².